The number of hydrogen-bond donors (Lipinski definition) is 2. The molecule has 3 N–H and O–H groups in total. The molecule has 0 bridgehead atoms. The van der Waals surface area contributed by atoms with Crippen molar-refractivity contribution < 1.29 is 14.3 Å². The summed E-state index contributed by atoms with van der Waals surface area (Å²) in [5.41, 5.74) is 8.05. The number of nitrogens with one attached hydrogen (secondary N) is 1. The molecule has 2 aliphatic rings. The minimum Gasteiger partial charge on any atom is -0.377 e. The maximum absolute atomic E-state index is 13.3. The Morgan fingerprint density at radius 2 is 2.09 bits per heavy atom. The van der Waals surface area contributed by atoms with Crippen molar-refractivity contribution in [1.29, 1.82) is 0 Å². The summed E-state index contributed by atoms with van der Waals surface area (Å²) in [5.74, 6) is -0.201. The Balaban J connectivity index is 1.55. The van der Waals surface area contributed by atoms with Crippen molar-refractivity contribution in [2.75, 3.05) is 32.8 Å². The largest absolute Gasteiger partial charge is 0.377 e. The fourth-order valence-electron chi connectivity index (χ4n) is 4.73. The predicted molar refractivity (Wildman–Crippen MR) is 130 cm³/mol. The summed E-state index contributed by atoms with van der Waals surface area (Å²) < 4.78 is 5.95. The third kappa shape index (κ3) is 6.00. The second kappa shape index (κ2) is 11.2. The van der Waals surface area contributed by atoms with Crippen LogP contribution in [0, 0.1) is 6.92 Å². The van der Waals surface area contributed by atoms with Crippen LogP contribution in [-0.4, -0.2) is 72.6 Å². The SMILES string of the molecule is Cc1ccc(CN(CC2CCCO2)C2CC(C(=O)NCCN)N(C(=O)c3cccs3)C2)cc1. The highest BCUT2D eigenvalue weighted by atomic mass is 32.1. The van der Waals surface area contributed by atoms with E-state index in [1.165, 1.54) is 22.5 Å². The molecule has 0 aliphatic carbocycles. The number of ether oxygens (including phenoxy) is 1. The van der Waals surface area contributed by atoms with Gasteiger partial charge in [-0.3, -0.25) is 14.5 Å². The first-order valence-electron chi connectivity index (χ1n) is 11.8. The first-order chi connectivity index (χ1) is 16.0. The minimum atomic E-state index is -0.499. The number of amides is 2. The van der Waals surface area contributed by atoms with Gasteiger partial charge in [-0.1, -0.05) is 35.9 Å². The van der Waals surface area contributed by atoms with Crippen molar-refractivity contribution in [3.05, 3.63) is 57.8 Å². The van der Waals surface area contributed by atoms with Gasteiger partial charge >= 0.3 is 0 Å². The Kier molecular flexibility index (Phi) is 8.14. The zero-order valence-electron chi connectivity index (χ0n) is 19.2. The number of benzene rings is 1. The lowest BCUT2D eigenvalue weighted by atomic mass is 10.1. The van der Waals surface area contributed by atoms with Crippen molar-refractivity contribution >= 4 is 23.2 Å². The van der Waals surface area contributed by atoms with Gasteiger partial charge in [0.15, 0.2) is 0 Å². The van der Waals surface area contributed by atoms with Crippen LogP contribution in [0.5, 0.6) is 0 Å². The molecule has 0 radical (unpaired) electrons. The summed E-state index contributed by atoms with van der Waals surface area (Å²) in [4.78, 5) is 31.1. The number of carbonyl (C=O) groups is 2. The molecule has 2 aliphatic heterocycles. The average molecular weight is 471 g/mol. The van der Waals surface area contributed by atoms with Crippen LogP contribution in [0.3, 0.4) is 0 Å². The van der Waals surface area contributed by atoms with Crippen molar-refractivity contribution in [1.82, 2.24) is 15.1 Å². The van der Waals surface area contributed by atoms with E-state index >= 15 is 0 Å². The van der Waals surface area contributed by atoms with Crippen LogP contribution in [0.2, 0.25) is 0 Å². The first-order valence-corrected chi connectivity index (χ1v) is 12.7. The molecule has 3 heterocycles. The van der Waals surface area contributed by atoms with Gasteiger partial charge in [-0.2, -0.15) is 0 Å². The Morgan fingerprint density at radius 3 is 2.76 bits per heavy atom. The van der Waals surface area contributed by atoms with Gasteiger partial charge in [-0.05, 0) is 43.2 Å². The minimum absolute atomic E-state index is 0.0761. The van der Waals surface area contributed by atoms with Crippen LogP contribution in [0.4, 0.5) is 0 Å². The third-order valence-electron chi connectivity index (χ3n) is 6.50. The average Bonchev–Trinajstić information content (AvgIpc) is 3.60. The van der Waals surface area contributed by atoms with Gasteiger partial charge < -0.3 is 20.7 Å². The van der Waals surface area contributed by atoms with E-state index in [0.717, 1.165) is 32.5 Å². The van der Waals surface area contributed by atoms with Crippen molar-refractivity contribution in [3.63, 3.8) is 0 Å². The molecule has 3 unspecified atom stereocenters. The monoisotopic (exact) mass is 470 g/mol. The zero-order chi connectivity index (χ0) is 23.2. The van der Waals surface area contributed by atoms with Crippen LogP contribution in [0.25, 0.3) is 0 Å². The van der Waals surface area contributed by atoms with Gasteiger partial charge in [0.05, 0.1) is 11.0 Å². The number of hydrogen-bond acceptors (Lipinski definition) is 6. The molecule has 8 heteroatoms. The lowest BCUT2D eigenvalue weighted by Gasteiger charge is -2.31. The summed E-state index contributed by atoms with van der Waals surface area (Å²) in [6.45, 7) is 5.77. The summed E-state index contributed by atoms with van der Waals surface area (Å²) in [6, 6.07) is 11.9. The molecule has 2 saturated heterocycles. The van der Waals surface area contributed by atoms with Gasteiger partial charge in [0.25, 0.3) is 5.91 Å². The number of aryl methyl sites for hydroxylation is 1. The molecule has 0 saturated carbocycles. The second-order valence-electron chi connectivity index (χ2n) is 8.97. The molecule has 3 atom stereocenters. The van der Waals surface area contributed by atoms with E-state index in [1.807, 2.05) is 17.5 Å². The lowest BCUT2D eigenvalue weighted by Crippen LogP contribution is -2.46. The number of likely N-dealkylation sites (tertiary alicyclic amines) is 1. The standard InChI is InChI=1S/C25H34N4O3S/c1-18-6-8-19(9-7-18)15-28(17-21-4-2-12-32-21)20-14-22(24(30)27-11-10-26)29(16-20)25(31)23-5-3-13-33-23/h3,5-9,13,20-22H,2,4,10-12,14-17,26H2,1H3,(H,27,30). The van der Waals surface area contributed by atoms with E-state index in [-0.39, 0.29) is 24.0 Å². The van der Waals surface area contributed by atoms with E-state index in [2.05, 4.69) is 41.4 Å². The number of thiophene rings is 1. The Labute approximate surface area is 199 Å². The highest BCUT2D eigenvalue weighted by Gasteiger charge is 2.42. The van der Waals surface area contributed by atoms with E-state index in [9.17, 15) is 9.59 Å². The van der Waals surface area contributed by atoms with Crippen molar-refractivity contribution in [2.24, 2.45) is 5.73 Å². The fourth-order valence-corrected chi connectivity index (χ4v) is 5.41. The highest BCUT2D eigenvalue weighted by Crippen LogP contribution is 2.28. The number of rotatable bonds is 9. The van der Waals surface area contributed by atoms with Crippen molar-refractivity contribution in [2.45, 2.75) is 50.9 Å². The quantitative estimate of drug-likeness (QED) is 0.588. The van der Waals surface area contributed by atoms with Crippen LogP contribution in [0.1, 0.15) is 40.1 Å². The smallest absolute Gasteiger partial charge is 0.264 e. The van der Waals surface area contributed by atoms with E-state index in [0.29, 0.717) is 30.9 Å². The maximum Gasteiger partial charge on any atom is 0.264 e. The van der Waals surface area contributed by atoms with Gasteiger partial charge in [-0.25, -0.2) is 0 Å². The Morgan fingerprint density at radius 1 is 1.27 bits per heavy atom. The molecule has 2 fully saturated rings. The topological polar surface area (TPSA) is 87.9 Å². The zero-order valence-corrected chi connectivity index (χ0v) is 20.1. The summed E-state index contributed by atoms with van der Waals surface area (Å²) >= 11 is 1.41. The summed E-state index contributed by atoms with van der Waals surface area (Å²) in [5, 5.41) is 4.79. The number of nitrogens with zero attached hydrogens (tertiary/aromatic N) is 2. The lowest BCUT2D eigenvalue weighted by molar-refractivity contribution is -0.124. The molecule has 1 aromatic heterocycles. The van der Waals surface area contributed by atoms with E-state index in [4.69, 9.17) is 10.5 Å². The number of carbonyl (C=O) groups excluding carboxylic acids is 2. The van der Waals surface area contributed by atoms with E-state index in [1.54, 1.807) is 4.90 Å². The highest BCUT2D eigenvalue weighted by molar-refractivity contribution is 7.12. The normalized spacial score (nSPS) is 22.8. The van der Waals surface area contributed by atoms with Crippen molar-refractivity contribution in [3.8, 4) is 0 Å². The Bertz CT molecular complexity index is 912. The second-order valence-corrected chi connectivity index (χ2v) is 9.92. The fraction of sp³-hybridized carbons (Fsp3) is 0.520. The Hall–Kier alpha value is -2.26. The molecule has 0 spiro atoms. The summed E-state index contributed by atoms with van der Waals surface area (Å²) in [6.07, 6.45) is 2.93. The van der Waals surface area contributed by atoms with Gasteiger partial charge in [0, 0.05) is 45.4 Å². The van der Waals surface area contributed by atoms with Gasteiger partial charge in [-0.15, -0.1) is 11.3 Å². The molecule has 2 aromatic rings. The molecule has 1 aromatic carbocycles. The van der Waals surface area contributed by atoms with E-state index < -0.39 is 6.04 Å². The molecule has 33 heavy (non-hydrogen) atoms. The van der Waals surface area contributed by atoms with Crippen LogP contribution in [0.15, 0.2) is 41.8 Å². The summed E-state index contributed by atoms with van der Waals surface area (Å²) in [7, 11) is 0. The molecule has 4 rings (SSSR count). The predicted octanol–water partition coefficient (Wildman–Crippen LogP) is 2.40. The van der Waals surface area contributed by atoms with Crippen LogP contribution >= 0.6 is 11.3 Å². The maximum atomic E-state index is 13.3. The van der Waals surface area contributed by atoms with Crippen LogP contribution < -0.4 is 11.1 Å². The van der Waals surface area contributed by atoms with Crippen LogP contribution in [-0.2, 0) is 16.1 Å². The number of nitrogens with two attached hydrogens (primary N) is 1. The van der Waals surface area contributed by atoms with Gasteiger partial charge in [0.2, 0.25) is 5.91 Å². The van der Waals surface area contributed by atoms with Gasteiger partial charge in [0.1, 0.15) is 6.04 Å². The molecule has 7 nitrogen and oxygen atoms in total. The molecule has 178 valence electrons. The first kappa shape index (κ1) is 23.9. The molecule has 2 amide bonds. The molecular formula is C25H34N4O3S. The third-order valence-corrected chi connectivity index (χ3v) is 7.36. The molecular weight excluding hydrogens is 436 g/mol.